The van der Waals surface area contributed by atoms with Gasteiger partial charge in [-0.25, -0.2) is 8.51 Å². The van der Waals surface area contributed by atoms with E-state index >= 15 is 0 Å². The number of amides is 2. The van der Waals surface area contributed by atoms with E-state index in [1.165, 1.54) is 27.6 Å². The van der Waals surface area contributed by atoms with Crippen LogP contribution in [-0.4, -0.2) is 33.4 Å². The van der Waals surface area contributed by atoms with Gasteiger partial charge in [-0.15, -0.1) is 18.2 Å². The molecule has 108 valence electrons. The summed E-state index contributed by atoms with van der Waals surface area (Å²) in [6.07, 6.45) is 4.15. The zero-order valence-corrected chi connectivity index (χ0v) is 13.0. The molecule has 0 fully saturated rings. The van der Waals surface area contributed by atoms with Crippen molar-refractivity contribution in [3.05, 3.63) is 25.3 Å². The summed E-state index contributed by atoms with van der Waals surface area (Å²) in [6.45, 7) is 11.0. The molecule has 1 unspecified atom stereocenters. The Bertz CT molecular complexity index is 323. The molecule has 5 nitrogen and oxygen atoms in total. The summed E-state index contributed by atoms with van der Waals surface area (Å²) >= 11 is 2.60. The molecule has 0 heterocycles. The maximum atomic E-state index is 11.9. The Hall–Kier alpha value is -1.08. The number of ether oxygens (including phenoxy) is 1. The van der Waals surface area contributed by atoms with Crippen LogP contribution < -0.4 is 5.73 Å². The van der Waals surface area contributed by atoms with Crippen molar-refractivity contribution in [2.24, 2.45) is 10.7 Å². The van der Waals surface area contributed by atoms with E-state index in [2.05, 4.69) is 18.2 Å². The Morgan fingerprint density at radius 2 is 1.95 bits per heavy atom. The minimum atomic E-state index is -0.459. The number of amidine groups is 1. The second-order valence-electron chi connectivity index (χ2n) is 3.50. The Morgan fingerprint density at radius 3 is 2.37 bits per heavy atom. The zero-order valence-electron chi connectivity index (χ0n) is 11.4. The van der Waals surface area contributed by atoms with Crippen LogP contribution >= 0.6 is 23.9 Å². The Kier molecular flexibility index (Phi) is 10.2. The second kappa shape index (κ2) is 10.8. The molecule has 0 bridgehead atoms. The molecule has 0 aromatic carbocycles. The summed E-state index contributed by atoms with van der Waals surface area (Å²) in [5.41, 5.74) is 5.57. The summed E-state index contributed by atoms with van der Waals surface area (Å²) < 4.78 is 6.69. The lowest BCUT2D eigenvalue weighted by atomic mass is 10.3. The molecule has 0 aromatic rings. The minimum Gasteiger partial charge on any atom is -0.462 e. The lowest BCUT2D eigenvalue weighted by Crippen LogP contribution is -2.25. The second-order valence-corrected chi connectivity index (χ2v) is 5.64. The van der Waals surface area contributed by atoms with Gasteiger partial charge >= 0.3 is 6.03 Å². The Morgan fingerprint density at radius 1 is 1.42 bits per heavy atom. The molecule has 1 atom stereocenters. The maximum absolute atomic E-state index is 11.9. The van der Waals surface area contributed by atoms with Gasteiger partial charge in [-0.1, -0.05) is 19.1 Å². The van der Waals surface area contributed by atoms with Gasteiger partial charge in [0.15, 0.2) is 0 Å². The third kappa shape index (κ3) is 8.61. The number of urea groups is 1. The topological polar surface area (TPSA) is 67.9 Å². The molecule has 0 radical (unpaired) electrons. The van der Waals surface area contributed by atoms with Crippen LogP contribution in [0.25, 0.3) is 0 Å². The predicted octanol–water partition coefficient (Wildman–Crippen LogP) is 3.21. The maximum Gasteiger partial charge on any atom is 0.368 e. The highest BCUT2D eigenvalue weighted by atomic mass is 32.2. The van der Waals surface area contributed by atoms with Crippen LogP contribution in [0.15, 0.2) is 30.3 Å². The fourth-order valence-electron chi connectivity index (χ4n) is 0.839. The number of carbonyl (C=O) groups excluding carboxylic acids is 1. The van der Waals surface area contributed by atoms with Crippen molar-refractivity contribution in [2.45, 2.75) is 26.4 Å². The van der Waals surface area contributed by atoms with Gasteiger partial charge in [0.2, 0.25) is 0 Å². The van der Waals surface area contributed by atoms with Gasteiger partial charge < -0.3 is 10.5 Å². The number of nitrogens with zero attached hydrogens (tertiary/aromatic N) is 2. The van der Waals surface area contributed by atoms with Gasteiger partial charge in [0.1, 0.15) is 0 Å². The van der Waals surface area contributed by atoms with Gasteiger partial charge in [0.25, 0.3) is 6.02 Å². The van der Waals surface area contributed by atoms with Crippen molar-refractivity contribution in [1.82, 2.24) is 3.71 Å². The molecule has 19 heavy (non-hydrogen) atoms. The number of hydrogen-bond donors (Lipinski definition) is 1. The summed E-state index contributed by atoms with van der Waals surface area (Å²) in [5.74, 6) is 1.22. The van der Waals surface area contributed by atoms with Gasteiger partial charge in [0, 0.05) is 11.5 Å². The van der Waals surface area contributed by atoms with Crippen LogP contribution in [0.3, 0.4) is 0 Å². The van der Waals surface area contributed by atoms with Crippen LogP contribution in [0.4, 0.5) is 4.79 Å². The third-order valence-electron chi connectivity index (χ3n) is 1.88. The molecule has 0 spiro atoms. The fraction of sp³-hybridized carbons (Fsp3) is 0.500. The van der Waals surface area contributed by atoms with Crippen LogP contribution in [-0.2, 0) is 4.74 Å². The van der Waals surface area contributed by atoms with Gasteiger partial charge in [0.05, 0.1) is 6.10 Å². The molecule has 2 N–H and O–H groups in total. The van der Waals surface area contributed by atoms with Crippen LogP contribution in [0.1, 0.15) is 20.3 Å². The first-order valence-corrected chi connectivity index (χ1v) is 7.76. The molecule has 0 saturated heterocycles. The van der Waals surface area contributed by atoms with Crippen LogP contribution in [0.5, 0.6) is 0 Å². The van der Waals surface area contributed by atoms with E-state index in [9.17, 15) is 4.79 Å². The van der Waals surface area contributed by atoms with E-state index in [0.29, 0.717) is 11.5 Å². The Labute approximate surface area is 123 Å². The van der Waals surface area contributed by atoms with Gasteiger partial charge in [-0.2, -0.15) is 0 Å². The number of hydrogen-bond acceptors (Lipinski definition) is 4. The van der Waals surface area contributed by atoms with Crippen LogP contribution in [0, 0.1) is 0 Å². The Balaban J connectivity index is 4.54. The average Bonchev–Trinajstić information content (AvgIpc) is 2.38. The monoisotopic (exact) mass is 303 g/mol. The highest BCUT2D eigenvalue weighted by Crippen LogP contribution is 2.23. The largest absolute Gasteiger partial charge is 0.462 e. The molecule has 2 amide bonds. The summed E-state index contributed by atoms with van der Waals surface area (Å²) in [5, 5.41) is 0. The predicted molar refractivity (Wildman–Crippen MR) is 85.0 cm³/mol. The summed E-state index contributed by atoms with van der Waals surface area (Å²) in [6, 6.07) is -0.567. The molecule has 0 aliphatic rings. The quantitative estimate of drug-likeness (QED) is 0.323. The zero-order chi connectivity index (χ0) is 14.7. The summed E-state index contributed by atoms with van der Waals surface area (Å²) in [4.78, 5) is 15.6. The SMILES string of the molecule is C=CCSN(SCC=C)C(=O)/N=C(/N)OC(C)CC. The standard InChI is InChI=1S/C12H21N3O2S2/c1-5-8-18-15(19-9-6-2)12(16)14-11(13)17-10(4)7-3/h5-6,10H,1-2,7-9H2,3-4H3,(H2,13,14,16). The van der Waals surface area contributed by atoms with Crippen molar-refractivity contribution in [3.63, 3.8) is 0 Å². The molecular formula is C12H21N3O2S2. The van der Waals surface area contributed by atoms with Crippen molar-refractivity contribution in [3.8, 4) is 0 Å². The van der Waals surface area contributed by atoms with E-state index in [0.717, 1.165) is 6.42 Å². The van der Waals surface area contributed by atoms with E-state index < -0.39 is 6.03 Å². The van der Waals surface area contributed by atoms with Gasteiger partial charge in [-0.3, -0.25) is 0 Å². The lowest BCUT2D eigenvalue weighted by molar-refractivity contribution is 0.198. The number of aliphatic imine (C=N–C) groups is 1. The average molecular weight is 303 g/mol. The minimum absolute atomic E-state index is 0.0633. The third-order valence-corrected chi connectivity index (χ3v) is 4.06. The van der Waals surface area contributed by atoms with Crippen molar-refractivity contribution >= 4 is 35.9 Å². The van der Waals surface area contributed by atoms with Crippen LogP contribution in [0.2, 0.25) is 0 Å². The highest BCUT2D eigenvalue weighted by molar-refractivity contribution is 8.12. The number of carbonyl (C=O) groups is 1. The first-order valence-electron chi connectivity index (χ1n) is 5.87. The molecule has 0 aliphatic heterocycles. The summed E-state index contributed by atoms with van der Waals surface area (Å²) in [7, 11) is 0. The normalized spacial score (nSPS) is 12.6. The van der Waals surface area contributed by atoms with Crippen molar-refractivity contribution in [1.29, 1.82) is 0 Å². The molecular weight excluding hydrogens is 282 g/mol. The van der Waals surface area contributed by atoms with E-state index in [1.54, 1.807) is 12.2 Å². The fourth-order valence-corrected chi connectivity index (χ4v) is 2.29. The smallest absolute Gasteiger partial charge is 0.368 e. The molecule has 0 aromatic heterocycles. The number of rotatable bonds is 8. The molecule has 0 rings (SSSR count). The number of nitrogens with two attached hydrogens (primary N) is 1. The van der Waals surface area contributed by atoms with Crippen molar-refractivity contribution < 1.29 is 9.53 Å². The van der Waals surface area contributed by atoms with E-state index in [1.807, 2.05) is 13.8 Å². The first-order chi connectivity index (χ1) is 9.04. The lowest BCUT2D eigenvalue weighted by Gasteiger charge is -2.16. The molecule has 0 aliphatic carbocycles. The first kappa shape index (κ1) is 17.9. The van der Waals surface area contributed by atoms with E-state index in [4.69, 9.17) is 10.5 Å². The van der Waals surface area contributed by atoms with Gasteiger partial charge in [-0.05, 0) is 37.2 Å². The molecule has 0 saturated carbocycles. The molecule has 7 heteroatoms. The van der Waals surface area contributed by atoms with Crippen molar-refractivity contribution in [2.75, 3.05) is 11.5 Å². The van der Waals surface area contributed by atoms with E-state index in [-0.39, 0.29) is 12.1 Å². The highest BCUT2D eigenvalue weighted by Gasteiger charge is 2.15.